The minimum absolute atomic E-state index is 0.181. The van der Waals surface area contributed by atoms with Crippen LogP contribution >= 0.6 is 22.7 Å². The van der Waals surface area contributed by atoms with E-state index in [0.29, 0.717) is 21.2 Å². The van der Waals surface area contributed by atoms with Crippen LogP contribution in [0.4, 0.5) is 5.69 Å². The molecule has 0 saturated heterocycles. The lowest BCUT2D eigenvalue weighted by Crippen LogP contribution is -2.10. The van der Waals surface area contributed by atoms with E-state index in [0.717, 1.165) is 27.1 Å². The van der Waals surface area contributed by atoms with Crippen LogP contribution in [-0.2, 0) is 0 Å². The van der Waals surface area contributed by atoms with E-state index in [4.69, 9.17) is 20.9 Å². The van der Waals surface area contributed by atoms with Gasteiger partial charge in [-0.1, -0.05) is 19.9 Å². The highest BCUT2D eigenvalue weighted by Gasteiger charge is 2.26. The molecule has 4 aromatic rings. The lowest BCUT2D eigenvalue weighted by Gasteiger charge is -2.17. The number of primary amides is 1. The lowest BCUT2D eigenvalue weighted by atomic mass is 9.91. The van der Waals surface area contributed by atoms with Crippen molar-refractivity contribution in [2.75, 3.05) is 5.73 Å². The van der Waals surface area contributed by atoms with Crippen LogP contribution in [0.25, 0.3) is 32.1 Å². The normalized spacial score (nSPS) is 11.5. The van der Waals surface area contributed by atoms with E-state index in [1.165, 1.54) is 11.3 Å². The molecule has 4 heterocycles. The van der Waals surface area contributed by atoms with Crippen LogP contribution in [0.3, 0.4) is 0 Å². The second-order valence-electron chi connectivity index (χ2n) is 6.25. The van der Waals surface area contributed by atoms with Crippen molar-refractivity contribution in [1.82, 2.24) is 4.98 Å². The minimum atomic E-state index is -0.534. The summed E-state index contributed by atoms with van der Waals surface area (Å²) in [4.78, 5) is 18.8. The number of hydrogen-bond donors (Lipinski definition) is 2. The van der Waals surface area contributed by atoms with Gasteiger partial charge in [0.2, 0.25) is 0 Å². The maximum absolute atomic E-state index is 11.8. The number of rotatable bonds is 4. The summed E-state index contributed by atoms with van der Waals surface area (Å²) in [6.07, 6.45) is 1.63. The first-order chi connectivity index (χ1) is 12.5. The fraction of sp³-hybridized carbons (Fsp3) is 0.158. The van der Waals surface area contributed by atoms with Gasteiger partial charge in [-0.05, 0) is 35.1 Å². The number of aromatic nitrogens is 1. The van der Waals surface area contributed by atoms with Crippen LogP contribution in [0.2, 0.25) is 0 Å². The fourth-order valence-corrected chi connectivity index (χ4v) is 4.94. The summed E-state index contributed by atoms with van der Waals surface area (Å²) < 4.78 is 5.64. The average molecular weight is 383 g/mol. The Morgan fingerprint density at radius 1 is 1.27 bits per heavy atom. The molecule has 0 fully saturated rings. The Balaban J connectivity index is 2.20. The first-order valence-corrected chi connectivity index (χ1v) is 9.82. The quantitative estimate of drug-likeness (QED) is 0.513. The molecule has 0 spiro atoms. The topological polar surface area (TPSA) is 95.1 Å². The zero-order chi connectivity index (χ0) is 18.4. The van der Waals surface area contributed by atoms with Gasteiger partial charge in [0.25, 0.3) is 5.91 Å². The second-order valence-corrected chi connectivity index (χ2v) is 8.19. The van der Waals surface area contributed by atoms with Crippen LogP contribution in [0.15, 0.2) is 40.3 Å². The van der Waals surface area contributed by atoms with E-state index >= 15 is 0 Å². The zero-order valence-electron chi connectivity index (χ0n) is 14.3. The maximum atomic E-state index is 11.8. The number of anilines is 1. The van der Waals surface area contributed by atoms with Gasteiger partial charge in [0.1, 0.15) is 15.4 Å². The van der Waals surface area contributed by atoms with E-state index in [9.17, 15) is 4.79 Å². The second kappa shape index (κ2) is 6.26. The van der Waals surface area contributed by atoms with Gasteiger partial charge in [-0.25, -0.2) is 4.98 Å². The molecule has 0 saturated carbocycles. The first kappa shape index (κ1) is 16.8. The van der Waals surface area contributed by atoms with Gasteiger partial charge < -0.3 is 15.9 Å². The van der Waals surface area contributed by atoms with Crippen molar-refractivity contribution in [3.63, 3.8) is 0 Å². The SMILES string of the molecule is CC(C)c1c(-c2ccco2)nc2sc(C(N)=O)c(N)c2c1-c1cccs1. The largest absolute Gasteiger partial charge is 0.463 e. The lowest BCUT2D eigenvalue weighted by molar-refractivity contribution is 0.100. The third-order valence-electron chi connectivity index (χ3n) is 4.24. The molecule has 0 aromatic carbocycles. The molecule has 0 unspecified atom stereocenters. The molecule has 26 heavy (non-hydrogen) atoms. The molecule has 0 aliphatic rings. The third-order valence-corrected chi connectivity index (χ3v) is 6.24. The number of carbonyl (C=O) groups excluding carboxylic acids is 1. The van der Waals surface area contributed by atoms with Gasteiger partial charge in [0, 0.05) is 15.8 Å². The van der Waals surface area contributed by atoms with Crippen LogP contribution in [0.5, 0.6) is 0 Å². The van der Waals surface area contributed by atoms with Gasteiger partial charge in [0.15, 0.2) is 5.76 Å². The summed E-state index contributed by atoms with van der Waals surface area (Å²) in [5, 5.41) is 2.82. The summed E-state index contributed by atoms with van der Waals surface area (Å²) in [6.45, 7) is 4.23. The molecule has 4 aromatic heterocycles. The van der Waals surface area contributed by atoms with Crippen LogP contribution in [-0.4, -0.2) is 10.9 Å². The molecule has 4 N–H and O–H groups in total. The Bertz CT molecular complexity index is 1090. The van der Waals surface area contributed by atoms with Crippen molar-refractivity contribution in [2.24, 2.45) is 5.73 Å². The van der Waals surface area contributed by atoms with E-state index in [1.54, 1.807) is 17.6 Å². The highest BCUT2D eigenvalue weighted by molar-refractivity contribution is 7.21. The van der Waals surface area contributed by atoms with Crippen LogP contribution < -0.4 is 11.5 Å². The number of nitrogens with two attached hydrogens (primary N) is 2. The smallest absolute Gasteiger partial charge is 0.260 e. The zero-order valence-corrected chi connectivity index (χ0v) is 15.9. The molecule has 0 atom stereocenters. The highest BCUT2D eigenvalue weighted by Crippen LogP contribution is 2.47. The number of amides is 1. The van der Waals surface area contributed by atoms with Gasteiger partial charge in [-0.3, -0.25) is 4.79 Å². The number of furan rings is 1. The monoisotopic (exact) mass is 383 g/mol. The predicted molar refractivity (Wildman–Crippen MR) is 108 cm³/mol. The predicted octanol–water partition coefficient (Wildman–Crippen LogP) is 5.09. The van der Waals surface area contributed by atoms with E-state index in [2.05, 4.69) is 19.9 Å². The van der Waals surface area contributed by atoms with Crippen molar-refractivity contribution in [1.29, 1.82) is 0 Å². The Hall–Kier alpha value is -2.64. The molecular formula is C19H17N3O2S2. The first-order valence-electron chi connectivity index (χ1n) is 8.12. The Labute approximate surface area is 158 Å². The molecule has 0 radical (unpaired) electrons. The molecular weight excluding hydrogens is 366 g/mol. The minimum Gasteiger partial charge on any atom is -0.463 e. The van der Waals surface area contributed by atoms with Crippen molar-refractivity contribution >= 4 is 44.5 Å². The van der Waals surface area contributed by atoms with Crippen LogP contribution in [0.1, 0.15) is 35.0 Å². The van der Waals surface area contributed by atoms with Crippen LogP contribution in [0, 0.1) is 0 Å². The molecule has 1 amide bonds. The van der Waals surface area contributed by atoms with E-state index in [1.807, 2.05) is 23.6 Å². The third kappa shape index (κ3) is 2.51. The summed E-state index contributed by atoms with van der Waals surface area (Å²) in [6, 6.07) is 7.79. The number of pyridine rings is 1. The summed E-state index contributed by atoms with van der Waals surface area (Å²) in [7, 11) is 0. The average Bonchev–Trinajstić information content (AvgIpc) is 3.34. The van der Waals surface area contributed by atoms with Gasteiger partial charge in [-0.2, -0.15) is 0 Å². The van der Waals surface area contributed by atoms with Gasteiger partial charge in [-0.15, -0.1) is 22.7 Å². The number of fused-ring (bicyclic) bond motifs is 1. The van der Waals surface area contributed by atoms with Crippen molar-refractivity contribution < 1.29 is 9.21 Å². The van der Waals surface area contributed by atoms with Crippen molar-refractivity contribution in [3.05, 3.63) is 46.3 Å². The Kier molecular flexibility index (Phi) is 4.05. The highest BCUT2D eigenvalue weighted by atomic mass is 32.1. The molecule has 4 rings (SSSR count). The fourth-order valence-electron chi connectivity index (χ4n) is 3.19. The number of thiophene rings is 2. The van der Waals surface area contributed by atoms with E-state index < -0.39 is 5.91 Å². The standard InChI is InChI=1S/C19H17N3O2S2/c1-9(2)12-13(11-6-4-8-25-11)14-15(20)17(18(21)23)26-19(14)22-16(12)10-5-3-7-24-10/h3-9H,20H2,1-2H3,(H2,21,23). The van der Waals surface area contributed by atoms with Crippen molar-refractivity contribution in [3.8, 4) is 21.9 Å². The molecule has 7 heteroatoms. The van der Waals surface area contributed by atoms with Crippen molar-refractivity contribution in [2.45, 2.75) is 19.8 Å². The summed E-state index contributed by atoms with van der Waals surface area (Å²) in [5.41, 5.74) is 15.1. The van der Waals surface area contributed by atoms with Gasteiger partial charge in [0.05, 0.1) is 12.0 Å². The number of carbonyl (C=O) groups is 1. The summed E-state index contributed by atoms with van der Waals surface area (Å²) in [5.74, 6) is 0.342. The maximum Gasteiger partial charge on any atom is 0.260 e. The Morgan fingerprint density at radius 2 is 2.08 bits per heavy atom. The number of nitrogen functional groups attached to an aromatic ring is 1. The number of nitrogens with zero attached hydrogens (tertiary/aromatic N) is 1. The van der Waals surface area contributed by atoms with E-state index in [-0.39, 0.29) is 5.92 Å². The number of hydrogen-bond acceptors (Lipinski definition) is 6. The molecule has 0 bridgehead atoms. The Morgan fingerprint density at radius 3 is 2.65 bits per heavy atom. The summed E-state index contributed by atoms with van der Waals surface area (Å²) >= 11 is 2.86. The molecule has 0 aliphatic heterocycles. The molecule has 132 valence electrons. The van der Waals surface area contributed by atoms with Gasteiger partial charge >= 0.3 is 0 Å². The molecule has 5 nitrogen and oxygen atoms in total. The molecule has 0 aliphatic carbocycles.